The SMILES string of the molecule is COc1cc(C)c(C)cc1S(=O)(=O)N1CCC(NC(=O)c2ccc(F)cc2)CC1. The van der Waals surface area contributed by atoms with Gasteiger partial charge in [0, 0.05) is 24.7 Å². The number of hydrogen-bond acceptors (Lipinski definition) is 4. The molecule has 6 nitrogen and oxygen atoms in total. The average molecular weight is 421 g/mol. The number of methoxy groups -OCH3 is 1. The van der Waals surface area contributed by atoms with Crippen molar-refractivity contribution in [2.75, 3.05) is 20.2 Å². The molecule has 2 aromatic rings. The van der Waals surface area contributed by atoms with Crippen LogP contribution >= 0.6 is 0 Å². The van der Waals surface area contributed by atoms with Crippen LogP contribution in [0.4, 0.5) is 4.39 Å². The van der Waals surface area contributed by atoms with Gasteiger partial charge in [0.1, 0.15) is 16.5 Å². The summed E-state index contributed by atoms with van der Waals surface area (Å²) in [5, 5.41) is 2.90. The molecule has 1 amide bonds. The Balaban J connectivity index is 1.68. The Bertz CT molecular complexity index is 998. The summed E-state index contributed by atoms with van der Waals surface area (Å²) in [6.07, 6.45) is 0.999. The highest BCUT2D eigenvalue weighted by molar-refractivity contribution is 7.89. The second-order valence-electron chi connectivity index (χ2n) is 7.25. The molecular weight excluding hydrogens is 395 g/mol. The zero-order valence-corrected chi connectivity index (χ0v) is 17.6. The number of aryl methyl sites for hydroxylation is 2. The first-order valence-electron chi connectivity index (χ1n) is 9.44. The van der Waals surface area contributed by atoms with Crippen LogP contribution in [-0.4, -0.2) is 44.9 Å². The van der Waals surface area contributed by atoms with Crippen molar-refractivity contribution in [1.29, 1.82) is 0 Å². The van der Waals surface area contributed by atoms with Crippen LogP contribution in [0.5, 0.6) is 5.75 Å². The van der Waals surface area contributed by atoms with Gasteiger partial charge in [-0.1, -0.05) is 0 Å². The third-order valence-electron chi connectivity index (χ3n) is 5.29. The number of benzene rings is 2. The highest BCUT2D eigenvalue weighted by atomic mass is 32.2. The molecule has 1 N–H and O–H groups in total. The van der Waals surface area contributed by atoms with Crippen LogP contribution in [-0.2, 0) is 10.0 Å². The van der Waals surface area contributed by atoms with Crippen LogP contribution in [0.1, 0.15) is 34.3 Å². The van der Waals surface area contributed by atoms with Gasteiger partial charge in [0.05, 0.1) is 7.11 Å². The zero-order chi connectivity index (χ0) is 21.2. The maximum Gasteiger partial charge on any atom is 0.251 e. The predicted molar refractivity (Wildman–Crippen MR) is 108 cm³/mol. The summed E-state index contributed by atoms with van der Waals surface area (Å²) in [5.41, 5.74) is 2.22. The molecule has 0 saturated carbocycles. The Kier molecular flexibility index (Phi) is 6.24. The quantitative estimate of drug-likeness (QED) is 0.807. The van der Waals surface area contributed by atoms with Gasteiger partial charge in [0.15, 0.2) is 0 Å². The van der Waals surface area contributed by atoms with E-state index in [0.717, 1.165) is 11.1 Å². The highest BCUT2D eigenvalue weighted by Gasteiger charge is 2.32. The molecule has 29 heavy (non-hydrogen) atoms. The highest BCUT2D eigenvalue weighted by Crippen LogP contribution is 2.31. The van der Waals surface area contributed by atoms with Crippen LogP contribution in [0, 0.1) is 19.7 Å². The van der Waals surface area contributed by atoms with Gasteiger partial charge in [-0.3, -0.25) is 4.79 Å². The van der Waals surface area contributed by atoms with E-state index in [1.165, 1.54) is 35.7 Å². The van der Waals surface area contributed by atoms with Crippen LogP contribution < -0.4 is 10.1 Å². The number of nitrogens with one attached hydrogen (secondary N) is 1. The summed E-state index contributed by atoms with van der Waals surface area (Å²) >= 11 is 0. The average Bonchev–Trinajstić information content (AvgIpc) is 2.70. The molecule has 3 rings (SSSR count). The standard InChI is InChI=1S/C21H25FN2O4S/c1-14-12-19(28-3)20(13-15(14)2)29(26,27)24-10-8-18(9-11-24)23-21(25)16-4-6-17(22)7-5-16/h4-7,12-13,18H,8-11H2,1-3H3,(H,23,25). The summed E-state index contributed by atoms with van der Waals surface area (Å²) < 4.78 is 46.0. The molecule has 0 unspecified atom stereocenters. The van der Waals surface area contributed by atoms with Gasteiger partial charge in [0.2, 0.25) is 10.0 Å². The number of hydrogen-bond donors (Lipinski definition) is 1. The van der Waals surface area contributed by atoms with Gasteiger partial charge in [-0.15, -0.1) is 0 Å². The maximum atomic E-state index is 13.1. The largest absolute Gasteiger partial charge is 0.495 e. The van der Waals surface area contributed by atoms with Gasteiger partial charge in [-0.25, -0.2) is 12.8 Å². The molecule has 156 valence electrons. The van der Waals surface area contributed by atoms with E-state index in [0.29, 0.717) is 37.2 Å². The normalized spacial score (nSPS) is 15.9. The lowest BCUT2D eigenvalue weighted by Crippen LogP contribution is -2.46. The lowest BCUT2D eigenvalue weighted by Gasteiger charge is -2.32. The fourth-order valence-corrected chi connectivity index (χ4v) is 5.07. The topological polar surface area (TPSA) is 75.7 Å². The van der Waals surface area contributed by atoms with E-state index in [4.69, 9.17) is 4.74 Å². The van der Waals surface area contributed by atoms with Crippen LogP contribution in [0.25, 0.3) is 0 Å². The van der Waals surface area contributed by atoms with Crippen LogP contribution in [0.2, 0.25) is 0 Å². The Morgan fingerprint density at radius 3 is 2.28 bits per heavy atom. The molecule has 0 aromatic heterocycles. The van der Waals surface area contributed by atoms with Crippen LogP contribution in [0.3, 0.4) is 0 Å². The van der Waals surface area contributed by atoms with Gasteiger partial charge in [0.25, 0.3) is 5.91 Å². The molecule has 1 aliphatic heterocycles. The lowest BCUT2D eigenvalue weighted by molar-refractivity contribution is 0.0924. The molecule has 1 fully saturated rings. The molecule has 1 heterocycles. The summed E-state index contributed by atoms with van der Waals surface area (Å²) in [6.45, 7) is 4.37. The Morgan fingerprint density at radius 2 is 1.69 bits per heavy atom. The number of amides is 1. The van der Waals surface area contributed by atoms with Crippen molar-refractivity contribution in [1.82, 2.24) is 9.62 Å². The number of ether oxygens (including phenoxy) is 1. The minimum absolute atomic E-state index is 0.138. The van der Waals surface area contributed by atoms with Crippen molar-refractivity contribution in [3.8, 4) is 5.75 Å². The molecule has 2 aromatic carbocycles. The van der Waals surface area contributed by atoms with Crippen molar-refractivity contribution >= 4 is 15.9 Å². The molecular formula is C21H25FN2O4S. The number of nitrogens with zero attached hydrogens (tertiary/aromatic N) is 1. The van der Waals surface area contributed by atoms with Crippen molar-refractivity contribution in [2.45, 2.75) is 37.6 Å². The summed E-state index contributed by atoms with van der Waals surface area (Å²) in [5.74, 6) is -0.358. The summed E-state index contributed by atoms with van der Waals surface area (Å²) in [7, 11) is -2.24. The molecule has 1 saturated heterocycles. The Morgan fingerprint density at radius 1 is 1.10 bits per heavy atom. The Hall–Kier alpha value is -2.45. The second kappa shape index (κ2) is 8.51. The number of sulfonamides is 1. The number of carbonyl (C=O) groups excluding carboxylic acids is 1. The van der Waals surface area contributed by atoms with E-state index in [-0.39, 0.29) is 16.8 Å². The number of halogens is 1. The molecule has 1 aliphatic rings. The monoisotopic (exact) mass is 420 g/mol. The fraction of sp³-hybridized carbons (Fsp3) is 0.381. The molecule has 8 heteroatoms. The van der Waals surface area contributed by atoms with Gasteiger partial charge in [-0.05, 0) is 74.2 Å². The first kappa shape index (κ1) is 21.3. The molecule has 0 radical (unpaired) electrons. The maximum absolute atomic E-state index is 13.1. The molecule has 0 spiro atoms. The van der Waals surface area contributed by atoms with E-state index in [1.807, 2.05) is 13.8 Å². The molecule has 0 atom stereocenters. The van der Waals surface area contributed by atoms with Gasteiger partial charge < -0.3 is 10.1 Å². The molecule has 0 bridgehead atoms. The van der Waals surface area contributed by atoms with Crippen molar-refractivity contribution in [3.05, 3.63) is 58.9 Å². The van der Waals surface area contributed by atoms with E-state index in [1.54, 1.807) is 12.1 Å². The van der Waals surface area contributed by atoms with E-state index < -0.39 is 15.8 Å². The van der Waals surface area contributed by atoms with Gasteiger partial charge in [-0.2, -0.15) is 4.31 Å². The number of carbonyl (C=O) groups is 1. The first-order chi connectivity index (χ1) is 13.7. The van der Waals surface area contributed by atoms with Gasteiger partial charge >= 0.3 is 0 Å². The molecule has 0 aliphatic carbocycles. The number of piperidine rings is 1. The van der Waals surface area contributed by atoms with Crippen LogP contribution in [0.15, 0.2) is 41.3 Å². The lowest BCUT2D eigenvalue weighted by atomic mass is 10.1. The van der Waals surface area contributed by atoms with E-state index >= 15 is 0 Å². The fourth-order valence-electron chi connectivity index (χ4n) is 3.37. The van der Waals surface area contributed by atoms with Crippen molar-refractivity contribution < 1.29 is 22.3 Å². The third kappa shape index (κ3) is 4.59. The minimum Gasteiger partial charge on any atom is -0.495 e. The summed E-state index contributed by atoms with van der Waals surface area (Å²) in [6, 6.07) is 8.57. The third-order valence-corrected chi connectivity index (χ3v) is 7.21. The first-order valence-corrected chi connectivity index (χ1v) is 10.9. The van der Waals surface area contributed by atoms with Crippen molar-refractivity contribution in [2.24, 2.45) is 0 Å². The zero-order valence-electron chi connectivity index (χ0n) is 16.7. The minimum atomic E-state index is -3.70. The van der Waals surface area contributed by atoms with E-state index in [9.17, 15) is 17.6 Å². The van der Waals surface area contributed by atoms with E-state index in [2.05, 4.69) is 5.32 Å². The Labute approximate surface area is 170 Å². The predicted octanol–water partition coefficient (Wildman–Crippen LogP) is 3.03. The van der Waals surface area contributed by atoms with Crippen molar-refractivity contribution in [3.63, 3.8) is 0 Å². The summed E-state index contributed by atoms with van der Waals surface area (Å²) in [4.78, 5) is 12.5. The second-order valence-corrected chi connectivity index (χ2v) is 9.15. The smallest absolute Gasteiger partial charge is 0.251 e. The number of rotatable bonds is 5.